The first kappa shape index (κ1) is 12.5. The average molecular weight is 266 g/mol. The van der Waals surface area contributed by atoms with Gasteiger partial charge in [0.15, 0.2) is 5.82 Å². The molecule has 0 spiro atoms. The standard InChI is InChI=1S/C16H18N4/c1-2-9-18-13-7-10-19-16(15(13)17)20-11-8-12-5-3-4-6-14(12)20/h3-8,10-11H,2,9,17H2,1H3,(H,18,19). The Hall–Kier alpha value is -2.49. The number of pyridine rings is 1. The molecule has 0 unspecified atom stereocenters. The molecule has 0 saturated heterocycles. The fraction of sp³-hybridized carbons (Fsp3) is 0.188. The van der Waals surface area contributed by atoms with E-state index in [4.69, 9.17) is 5.73 Å². The molecule has 0 aliphatic heterocycles. The molecule has 0 saturated carbocycles. The first-order valence-electron chi connectivity index (χ1n) is 6.86. The average Bonchev–Trinajstić information content (AvgIpc) is 2.90. The van der Waals surface area contributed by atoms with Crippen molar-refractivity contribution in [2.24, 2.45) is 0 Å². The Morgan fingerprint density at radius 1 is 1.20 bits per heavy atom. The molecule has 4 heteroatoms. The molecule has 1 aromatic carbocycles. The molecular formula is C16H18N4. The first-order valence-corrected chi connectivity index (χ1v) is 6.86. The SMILES string of the molecule is CCCNc1ccnc(-n2ccc3ccccc32)c1N. The number of aromatic nitrogens is 2. The van der Waals surface area contributed by atoms with Crippen LogP contribution in [0.15, 0.2) is 48.8 Å². The normalized spacial score (nSPS) is 10.8. The zero-order chi connectivity index (χ0) is 13.9. The first-order chi connectivity index (χ1) is 9.81. The van der Waals surface area contributed by atoms with Crippen LogP contribution in [0, 0.1) is 0 Å². The predicted octanol–water partition coefficient (Wildman–Crippen LogP) is 3.43. The van der Waals surface area contributed by atoms with Gasteiger partial charge in [0, 0.05) is 18.9 Å². The van der Waals surface area contributed by atoms with Gasteiger partial charge < -0.3 is 11.1 Å². The van der Waals surface area contributed by atoms with E-state index in [0.717, 1.165) is 30.0 Å². The molecule has 102 valence electrons. The number of nitrogens with two attached hydrogens (primary N) is 1. The number of benzene rings is 1. The van der Waals surface area contributed by atoms with Crippen molar-refractivity contribution in [3.63, 3.8) is 0 Å². The van der Waals surface area contributed by atoms with Crippen LogP contribution in [0.3, 0.4) is 0 Å². The van der Waals surface area contributed by atoms with Crippen LogP contribution in [0.2, 0.25) is 0 Å². The Balaban J connectivity index is 2.10. The van der Waals surface area contributed by atoms with Gasteiger partial charge in [-0.3, -0.25) is 4.57 Å². The third kappa shape index (κ3) is 2.09. The molecule has 0 aliphatic carbocycles. The molecule has 0 bridgehead atoms. The van der Waals surface area contributed by atoms with Crippen LogP contribution >= 0.6 is 0 Å². The zero-order valence-electron chi connectivity index (χ0n) is 11.5. The lowest BCUT2D eigenvalue weighted by Gasteiger charge is -2.13. The van der Waals surface area contributed by atoms with E-state index in [-0.39, 0.29) is 0 Å². The van der Waals surface area contributed by atoms with Crippen LogP contribution in [0.4, 0.5) is 11.4 Å². The number of fused-ring (bicyclic) bond motifs is 1. The van der Waals surface area contributed by atoms with Crippen LogP contribution in [-0.2, 0) is 0 Å². The molecule has 3 N–H and O–H groups in total. The third-order valence-electron chi connectivity index (χ3n) is 3.36. The van der Waals surface area contributed by atoms with Gasteiger partial charge in [-0.25, -0.2) is 4.98 Å². The lowest BCUT2D eigenvalue weighted by atomic mass is 10.2. The summed E-state index contributed by atoms with van der Waals surface area (Å²) in [5, 5.41) is 4.52. The number of hydrogen-bond donors (Lipinski definition) is 2. The van der Waals surface area contributed by atoms with E-state index < -0.39 is 0 Å². The Kier molecular flexibility index (Phi) is 3.29. The van der Waals surface area contributed by atoms with E-state index in [1.54, 1.807) is 6.20 Å². The van der Waals surface area contributed by atoms with Gasteiger partial charge in [0.25, 0.3) is 0 Å². The summed E-state index contributed by atoms with van der Waals surface area (Å²) in [6.07, 6.45) is 4.86. The Morgan fingerprint density at radius 2 is 2.05 bits per heavy atom. The van der Waals surface area contributed by atoms with Crippen LogP contribution in [0.1, 0.15) is 13.3 Å². The number of rotatable bonds is 4. The predicted molar refractivity (Wildman–Crippen MR) is 84.3 cm³/mol. The molecule has 2 aromatic heterocycles. The molecule has 3 aromatic rings. The van der Waals surface area contributed by atoms with Gasteiger partial charge in [-0.05, 0) is 30.0 Å². The van der Waals surface area contributed by atoms with E-state index in [9.17, 15) is 0 Å². The van der Waals surface area contributed by atoms with Crippen LogP contribution in [0.25, 0.3) is 16.7 Å². The number of nitrogens with zero attached hydrogens (tertiary/aromatic N) is 2. The minimum Gasteiger partial charge on any atom is -0.394 e. The quantitative estimate of drug-likeness (QED) is 0.760. The van der Waals surface area contributed by atoms with Crippen molar-refractivity contribution in [3.8, 4) is 5.82 Å². The number of hydrogen-bond acceptors (Lipinski definition) is 3. The van der Waals surface area contributed by atoms with Gasteiger partial charge in [-0.1, -0.05) is 25.1 Å². The number of anilines is 2. The van der Waals surface area contributed by atoms with E-state index in [1.807, 2.05) is 29.0 Å². The molecule has 0 fully saturated rings. The second kappa shape index (κ2) is 5.25. The maximum atomic E-state index is 6.26. The van der Waals surface area contributed by atoms with Crippen molar-refractivity contribution in [1.29, 1.82) is 0 Å². The topological polar surface area (TPSA) is 55.9 Å². The summed E-state index contributed by atoms with van der Waals surface area (Å²) >= 11 is 0. The minimum absolute atomic E-state index is 0.683. The number of para-hydroxylation sites is 1. The molecule has 3 rings (SSSR count). The van der Waals surface area contributed by atoms with Gasteiger partial charge in [-0.2, -0.15) is 0 Å². The summed E-state index contributed by atoms with van der Waals surface area (Å²) in [6, 6.07) is 12.2. The highest BCUT2D eigenvalue weighted by atomic mass is 15.1. The monoisotopic (exact) mass is 266 g/mol. The van der Waals surface area contributed by atoms with Crippen molar-refractivity contribution in [3.05, 3.63) is 48.8 Å². The summed E-state index contributed by atoms with van der Waals surface area (Å²) in [7, 11) is 0. The van der Waals surface area contributed by atoms with Crippen LogP contribution in [0.5, 0.6) is 0 Å². The molecule has 2 heterocycles. The van der Waals surface area contributed by atoms with Crippen molar-refractivity contribution in [2.75, 3.05) is 17.6 Å². The van der Waals surface area contributed by atoms with Gasteiger partial charge in [0.05, 0.1) is 16.9 Å². The van der Waals surface area contributed by atoms with E-state index in [1.165, 1.54) is 5.39 Å². The van der Waals surface area contributed by atoms with E-state index in [2.05, 4.69) is 35.4 Å². The van der Waals surface area contributed by atoms with Crippen LogP contribution < -0.4 is 11.1 Å². The maximum absolute atomic E-state index is 6.26. The van der Waals surface area contributed by atoms with Gasteiger partial charge in [0.2, 0.25) is 0 Å². The Labute approximate surface area is 118 Å². The van der Waals surface area contributed by atoms with Crippen molar-refractivity contribution in [2.45, 2.75) is 13.3 Å². The Bertz CT molecular complexity index is 730. The highest BCUT2D eigenvalue weighted by Gasteiger charge is 2.10. The fourth-order valence-electron chi connectivity index (χ4n) is 2.34. The molecule has 0 aliphatic rings. The summed E-state index contributed by atoms with van der Waals surface area (Å²) in [4.78, 5) is 4.44. The summed E-state index contributed by atoms with van der Waals surface area (Å²) < 4.78 is 2.03. The van der Waals surface area contributed by atoms with E-state index in [0.29, 0.717) is 5.69 Å². The minimum atomic E-state index is 0.683. The largest absolute Gasteiger partial charge is 0.394 e. The summed E-state index contributed by atoms with van der Waals surface area (Å²) in [5.41, 5.74) is 8.99. The van der Waals surface area contributed by atoms with Crippen molar-refractivity contribution >= 4 is 22.3 Å². The summed E-state index contributed by atoms with van der Waals surface area (Å²) in [5.74, 6) is 0.771. The molecule has 20 heavy (non-hydrogen) atoms. The fourth-order valence-corrected chi connectivity index (χ4v) is 2.34. The number of nitrogens with one attached hydrogen (secondary N) is 1. The highest BCUT2D eigenvalue weighted by Crippen LogP contribution is 2.27. The zero-order valence-corrected chi connectivity index (χ0v) is 11.5. The van der Waals surface area contributed by atoms with Gasteiger partial charge in [0.1, 0.15) is 0 Å². The lowest BCUT2D eigenvalue weighted by molar-refractivity contribution is 0.975. The second-order valence-corrected chi connectivity index (χ2v) is 4.77. The highest BCUT2D eigenvalue weighted by molar-refractivity contribution is 5.84. The molecule has 0 atom stereocenters. The number of nitrogen functional groups attached to an aromatic ring is 1. The van der Waals surface area contributed by atoms with Gasteiger partial charge in [-0.15, -0.1) is 0 Å². The maximum Gasteiger partial charge on any atom is 0.162 e. The van der Waals surface area contributed by atoms with Gasteiger partial charge >= 0.3 is 0 Å². The summed E-state index contributed by atoms with van der Waals surface area (Å²) in [6.45, 7) is 3.03. The van der Waals surface area contributed by atoms with E-state index >= 15 is 0 Å². The lowest BCUT2D eigenvalue weighted by Crippen LogP contribution is -2.07. The molecule has 4 nitrogen and oxygen atoms in total. The Morgan fingerprint density at radius 3 is 2.90 bits per heavy atom. The smallest absolute Gasteiger partial charge is 0.162 e. The van der Waals surface area contributed by atoms with Crippen molar-refractivity contribution in [1.82, 2.24) is 9.55 Å². The molecule has 0 amide bonds. The van der Waals surface area contributed by atoms with Crippen molar-refractivity contribution < 1.29 is 0 Å². The molecule has 0 radical (unpaired) electrons. The van der Waals surface area contributed by atoms with Crippen LogP contribution in [-0.4, -0.2) is 16.1 Å². The third-order valence-corrected chi connectivity index (χ3v) is 3.36. The second-order valence-electron chi connectivity index (χ2n) is 4.77. The molecular weight excluding hydrogens is 248 g/mol.